The number of carbonyl (C=O) groups is 1. The third kappa shape index (κ3) is 111. The summed E-state index contributed by atoms with van der Waals surface area (Å²) in [5.74, 6) is -0.833. The second-order valence-corrected chi connectivity index (χ2v) is 1.49. The zero-order valence-corrected chi connectivity index (χ0v) is 5.66. The lowest BCUT2D eigenvalue weighted by molar-refractivity contribution is -0.134. The van der Waals surface area contributed by atoms with Crippen molar-refractivity contribution in [1.82, 2.24) is 0 Å². The molecule has 0 aromatic carbocycles. The van der Waals surface area contributed by atoms with Gasteiger partial charge in [-0.05, 0) is 6.42 Å². The number of aliphatic hydroxyl groups excluding tert-OH is 1. The average molecular weight is 135 g/mol. The molecule has 0 rings (SSSR count). The van der Waals surface area contributed by atoms with Crippen LogP contribution in [0.2, 0.25) is 0 Å². The number of hydrogen-bond donors (Lipinski definition) is 3. The molecule has 0 aliphatic heterocycles. The van der Waals surface area contributed by atoms with Crippen LogP contribution in [0, 0.1) is 0 Å². The predicted molar refractivity (Wildman–Crippen MR) is 33.8 cm³/mol. The highest BCUT2D eigenvalue weighted by Gasteiger charge is 1.81. The molecule has 0 heterocycles. The van der Waals surface area contributed by atoms with E-state index in [2.05, 4.69) is 0 Å². The maximum Gasteiger partial charge on any atom is 0.300 e. The molecule has 0 spiro atoms. The zero-order chi connectivity index (χ0) is 7.86. The van der Waals surface area contributed by atoms with Gasteiger partial charge in [-0.25, -0.2) is 0 Å². The highest BCUT2D eigenvalue weighted by molar-refractivity contribution is 5.62. The third-order valence-corrected chi connectivity index (χ3v) is 0.418. The Morgan fingerprint density at radius 3 is 1.89 bits per heavy atom. The standard InChI is InChI=1S/C3H9NO.C2H4O2/c1-2-3(4)5;1-2(3)4/h3,5H,2,4H2,1H3;1H3,(H,3,4). The number of carboxylic acids is 1. The van der Waals surface area contributed by atoms with Crippen LogP contribution in [0.25, 0.3) is 0 Å². The normalized spacial score (nSPS) is 11.1. The lowest BCUT2D eigenvalue weighted by Gasteiger charge is -1.91. The molecule has 0 radical (unpaired) electrons. The minimum atomic E-state index is -0.833. The number of nitrogens with two attached hydrogens (primary N) is 1. The fraction of sp³-hybridized carbons (Fsp3) is 0.800. The molecule has 9 heavy (non-hydrogen) atoms. The largest absolute Gasteiger partial charge is 0.481 e. The first-order valence-electron chi connectivity index (χ1n) is 2.63. The number of aliphatic carboxylic acids is 1. The molecule has 0 saturated heterocycles. The first-order valence-corrected chi connectivity index (χ1v) is 2.63. The highest BCUT2D eigenvalue weighted by atomic mass is 16.4. The van der Waals surface area contributed by atoms with Gasteiger partial charge in [0.15, 0.2) is 0 Å². The average Bonchev–Trinajstić information content (AvgIpc) is 1.65. The van der Waals surface area contributed by atoms with E-state index in [0.29, 0.717) is 6.42 Å². The van der Waals surface area contributed by atoms with Crippen molar-refractivity contribution < 1.29 is 15.0 Å². The van der Waals surface area contributed by atoms with Crippen LogP contribution in [0.15, 0.2) is 0 Å². The third-order valence-electron chi connectivity index (χ3n) is 0.418. The van der Waals surface area contributed by atoms with Gasteiger partial charge in [-0.3, -0.25) is 4.79 Å². The molecular weight excluding hydrogens is 122 g/mol. The molecular formula is C5H13NO3. The van der Waals surface area contributed by atoms with E-state index in [4.69, 9.17) is 20.7 Å². The highest BCUT2D eigenvalue weighted by Crippen LogP contribution is 1.72. The van der Waals surface area contributed by atoms with Crippen molar-refractivity contribution in [2.75, 3.05) is 0 Å². The van der Waals surface area contributed by atoms with E-state index in [1.807, 2.05) is 6.92 Å². The summed E-state index contributed by atoms with van der Waals surface area (Å²) in [7, 11) is 0. The van der Waals surface area contributed by atoms with Crippen LogP contribution in [-0.4, -0.2) is 22.4 Å². The lowest BCUT2D eigenvalue weighted by Crippen LogP contribution is -2.16. The second-order valence-electron chi connectivity index (χ2n) is 1.49. The number of rotatable bonds is 1. The van der Waals surface area contributed by atoms with Gasteiger partial charge in [0.25, 0.3) is 5.97 Å². The van der Waals surface area contributed by atoms with Crippen LogP contribution in [-0.2, 0) is 4.79 Å². The van der Waals surface area contributed by atoms with E-state index < -0.39 is 12.2 Å². The molecule has 0 aliphatic carbocycles. The predicted octanol–water partition coefficient (Wildman–Crippen LogP) is -0.236. The maximum atomic E-state index is 9.00. The molecule has 0 aromatic rings. The molecule has 0 amide bonds. The molecule has 4 N–H and O–H groups in total. The SMILES string of the molecule is CC(=O)O.CCC(N)O. The molecule has 0 bridgehead atoms. The molecule has 1 atom stereocenters. The maximum absolute atomic E-state index is 9.00. The van der Waals surface area contributed by atoms with Crippen molar-refractivity contribution in [2.24, 2.45) is 5.73 Å². The van der Waals surface area contributed by atoms with Crippen molar-refractivity contribution >= 4 is 5.97 Å². The Balaban J connectivity index is 0. The summed E-state index contributed by atoms with van der Waals surface area (Å²) in [5, 5.41) is 15.6. The summed E-state index contributed by atoms with van der Waals surface area (Å²) in [5.41, 5.74) is 4.85. The van der Waals surface area contributed by atoms with Crippen molar-refractivity contribution in [3.8, 4) is 0 Å². The molecule has 0 aliphatic rings. The minimum Gasteiger partial charge on any atom is -0.481 e. The Bertz CT molecular complexity index is 68.6. The Hall–Kier alpha value is -0.610. The van der Waals surface area contributed by atoms with Gasteiger partial charge in [-0.1, -0.05) is 6.92 Å². The van der Waals surface area contributed by atoms with E-state index in [1.54, 1.807) is 0 Å². The van der Waals surface area contributed by atoms with Crippen LogP contribution in [0.3, 0.4) is 0 Å². The molecule has 4 nitrogen and oxygen atoms in total. The van der Waals surface area contributed by atoms with Crippen molar-refractivity contribution in [3.63, 3.8) is 0 Å². The minimum absolute atomic E-state index is 0.616. The van der Waals surface area contributed by atoms with Crippen LogP contribution >= 0.6 is 0 Å². The first kappa shape index (κ1) is 11.2. The molecule has 56 valence electrons. The summed E-state index contributed by atoms with van der Waals surface area (Å²) < 4.78 is 0. The topological polar surface area (TPSA) is 83.5 Å². The first-order chi connectivity index (χ1) is 4.00. The van der Waals surface area contributed by atoms with Gasteiger partial charge in [0, 0.05) is 6.92 Å². The summed E-state index contributed by atoms with van der Waals surface area (Å²) in [6.07, 6.45) is 0.0231. The van der Waals surface area contributed by atoms with Crippen LogP contribution in [0.5, 0.6) is 0 Å². The Labute approximate surface area is 54.3 Å². The van der Waals surface area contributed by atoms with Crippen molar-refractivity contribution in [3.05, 3.63) is 0 Å². The van der Waals surface area contributed by atoms with Gasteiger partial charge >= 0.3 is 0 Å². The van der Waals surface area contributed by atoms with Gasteiger partial charge in [0.1, 0.15) is 6.23 Å². The van der Waals surface area contributed by atoms with E-state index in [1.165, 1.54) is 0 Å². The van der Waals surface area contributed by atoms with Gasteiger partial charge in [0.2, 0.25) is 0 Å². The van der Waals surface area contributed by atoms with E-state index >= 15 is 0 Å². The fourth-order valence-corrected chi connectivity index (χ4v) is 0. The lowest BCUT2D eigenvalue weighted by atomic mass is 10.5. The molecule has 0 aromatic heterocycles. The molecule has 0 saturated carbocycles. The number of carboxylic acid groups (broad SMARTS) is 1. The van der Waals surface area contributed by atoms with Gasteiger partial charge in [0.05, 0.1) is 0 Å². The van der Waals surface area contributed by atoms with Gasteiger partial charge in [-0.15, -0.1) is 0 Å². The Kier molecular flexibility index (Phi) is 9.21. The van der Waals surface area contributed by atoms with Crippen molar-refractivity contribution in [1.29, 1.82) is 0 Å². The van der Waals surface area contributed by atoms with Crippen LogP contribution < -0.4 is 5.73 Å². The monoisotopic (exact) mass is 135 g/mol. The van der Waals surface area contributed by atoms with Crippen LogP contribution in [0.4, 0.5) is 0 Å². The summed E-state index contributed by atoms with van der Waals surface area (Å²) >= 11 is 0. The molecule has 1 unspecified atom stereocenters. The number of hydrogen-bond acceptors (Lipinski definition) is 3. The van der Waals surface area contributed by atoms with Gasteiger partial charge in [-0.2, -0.15) is 0 Å². The zero-order valence-electron chi connectivity index (χ0n) is 5.66. The summed E-state index contributed by atoms with van der Waals surface area (Å²) in [6.45, 7) is 2.91. The van der Waals surface area contributed by atoms with Crippen LogP contribution in [0.1, 0.15) is 20.3 Å². The fourth-order valence-electron chi connectivity index (χ4n) is 0. The van der Waals surface area contributed by atoms with E-state index in [9.17, 15) is 0 Å². The van der Waals surface area contributed by atoms with Crippen molar-refractivity contribution in [2.45, 2.75) is 26.5 Å². The molecule has 4 heteroatoms. The Morgan fingerprint density at radius 1 is 1.78 bits per heavy atom. The summed E-state index contributed by atoms with van der Waals surface area (Å²) in [6, 6.07) is 0. The Morgan fingerprint density at radius 2 is 1.89 bits per heavy atom. The number of aliphatic hydroxyl groups is 1. The smallest absolute Gasteiger partial charge is 0.300 e. The van der Waals surface area contributed by atoms with Gasteiger partial charge < -0.3 is 15.9 Å². The molecule has 0 fully saturated rings. The quantitative estimate of drug-likeness (QED) is 0.433. The van der Waals surface area contributed by atoms with E-state index in [-0.39, 0.29) is 0 Å². The summed E-state index contributed by atoms with van der Waals surface area (Å²) in [4.78, 5) is 9.00. The second kappa shape index (κ2) is 7.39. The van der Waals surface area contributed by atoms with E-state index in [0.717, 1.165) is 6.92 Å².